The predicted molar refractivity (Wildman–Crippen MR) is 133 cm³/mol. The van der Waals surface area contributed by atoms with Gasteiger partial charge in [-0.15, -0.1) is 35.3 Å². The lowest BCUT2D eigenvalue weighted by Crippen LogP contribution is -2.39. The van der Waals surface area contributed by atoms with Gasteiger partial charge < -0.3 is 20.4 Å². The topological polar surface area (TPSA) is 91.4 Å². The van der Waals surface area contributed by atoms with E-state index in [0.29, 0.717) is 23.1 Å². The summed E-state index contributed by atoms with van der Waals surface area (Å²) in [5.74, 6) is 0.376. The number of esters is 1. The van der Waals surface area contributed by atoms with Crippen molar-refractivity contribution in [1.82, 2.24) is 20.6 Å². The van der Waals surface area contributed by atoms with Crippen molar-refractivity contribution in [2.75, 3.05) is 20.2 Å². The molecule has 9 heteroatoms. The van der Waals surface area contributed by atoms with Crippen molar-refractivity contribution >= 4 is 58.1 Å². The minimum absolute atomic E-state index is 0. The zero-order chi connectivity index (χ0) is 20.8. The summed E-state index contributed by atoms with van der Waals surface area (Å²) >= 11 is 1.36. The van der Waals surface area contributed by atoms with Crippen LogP contribution in [0.1, 0.15) is 46.0 Å². The summed E-state index contributed by atoms with van der Waals surface area (Å²) in [5, 5.41) is 8.70. The van der Waals surface area contributed by atoms with Gasteiger partial charge in [-0.05, 0) is 38.3 Å². The molecule has 0 amide bonds. The number of thiazole rings is 1. The van der Waals surface area contributed by atoms with Gasteiger partial charge in [0.1, 0.15) is 9.88 Å². The van der Waals surface area contributed by atoms with Gasteiger partial charge in [0, 0.05) is 31.2 Å². The van der Waals surface area contributed by atoms with Gasteiger partial charge >= 0.3 is 5.97 Å². The first-order valence-corrected chi connectivity index (χ1v) is 10.5. The molecule has 2 aromatic heterocycles. The third-order valence-electron chi connectivity index (χ3n) is 4.49. The van der Waals surface area contributed by atoms with Gasteiger partial charge in [0.2, 0.25) is 0 Å². The number of hydrogen-bond donors (Lipinski definition) is 3. The van der Waals surface area contributed by atoms with Crippen molar-refractivity contribution in [3.63, 3.8) is 0 Å². The average Bonchev–Trinajstić information content (AvgIpc) is 3.30. The summed E-state index contributed by atoms with van der Waals surface area (Å²) in [7, 11) is 1.74. The highest BCUT2D eigenvalue weighted by molar-refractivity contribution is 14.0. The van der Waals surface area contributed by atoms with Gasteiger partial charge in [-0.1, -0.05) is 18.2 Å². The maximum atomic E-state index is 12.0. The summed E-state index contributed by atoms with van der Waals surface area (Å²) in [5.41, 5.74) is 3.02. The van der Waals surface area contributed by atoms with E-state index in [2.05, 4.69) is 43.8 Å². The fraction of sp³-hybridized carbons (Fsp3) is 0.381. The number of aryl methyl sites for hydroxylation is 1. The second kappa shape index (κ2) is 11.3. The molecule has 0 spiro atoms. The van der Waals surface area contributed by atoms with Crippen molar-refractivity contribution in [1.29, 1.82) is 0 Å². The van der Waals surface area contributed by atoms with Crippen LogP contribution in [-0.4, -0.2) is 42.1 Å². The molecule has 0 aliphatic carbocycles. The Balaban J connectivity index is 0.00000320. The Morgan fingerprint density at radius 3 is 2.83 bits per heavy atom. The summed E-state index contributed by atoms with van der Waals surface area (Å²) in [6.45, 7) is 6.71. The number of aromatic amines is 1. The van der Waals surface area contributed by atoms with Crippen molar-refractivity contribution in [2.24, 2.45) is 4.99 Å². The van der Waals surface area contributed by atoms with E-state index in [4.69, 9.17) is 4.74 Å². The van der Waals surface area contributed by atoms with Crippen molar-refractivity contribution in [2.45, 2.75) is 33.2 Å². The van der Waals surface area contributed by atoms with Crippen molar-refractivity contribution < 1.29 is 9.53 Å². The molecule has 0 bridgehead atoms. The van der Waals surface area contributed by atoms with Crippen LogP contribution in [0.2, 0.25) is 0 Å². The Morgan fingerprint density at radius 1 is 1.37 bits per heavy atom. The number of carbonyl (C=O) groups excluding carboxylic acids is 1. The lowest BCUT2D eigenvalue weighted by molar-refractivity contribution is 0.0531. The van der Waals surface area contributed by atoms with E-state index in [9.17, 15) is 4.79 Å². The third kappa shape index (κ3) is 5.94. The van der Waals surface area contributed by atoms with E-state index in [-0.39, 0.29) is 36.0 Å². The molecule has 1 unspecified atom stereocenters. The minimum Gasteiger partial charge on any atom is -0.462 e. The second-order valence-corrected chi connectivity index (χ2v) is 7.71. The normalized spacial score (nSPS) is 12.3. The molecule has 0 saturated heterocycles. The van der Waals surface area contributed by atoms with Crippen LogP contribution in [0.15, 0.2) is 35.3 Å². The van der Waals surface area contributed by atoms with Crippen LogP contribution in [0.5, 0.6) is 0 Å². The number of H-pyrrole nitrogens is 1. The molecule has 0 saturated carbocycles. The SMILES string of the molecule is CCOC(=O)c1sc(C(C)NC(=NC)NCCc2cc3ccccc3[nH]2)nc1C.I. The molecule has 3 N–H and O–H groups in total. The monoisotopic (exact) mass is 541 g/mol. The first kappa shape index (κ1) is 24.1. The first-order valence-electron chi connectivity index (χ1n) is 9.70. The third-order valence-corrected chi connectivity index (χ3v) is 5.81. The summed E-state index contributed by atoms with van der Waals surface area (Å²) in [6, 6.07) is 10.3. The molecule has 30 heavy (non-hydrogen) atoms. The Bertz CT molecular complexity index is 981. The standard InChI is InChI=1S/C21H27N5O2S.HI/c1-5-28-20(27)18-13(2)24-19(29-18)14(3)25-21(22-4)23-11-10-16-12-15-8-6-7-9-17(15)26-16;/h6-9,12,14,26H,5,10-11H2,1-4H3,(H2,22,23,25);1H. The van der Waals surface area contributed by atoms with E-state index in [1.54, 1.807) is 14.0 Å². The lowest BCUT2D eigenvalue weighted by Gasteiger charge is -2.16. The molecule has 1 atom stereocenters. The number of carbonyl (C=O) groups is 1. The second-order valence-electron chi connectivity index (χ2n) is 6.68. The summed E-state index contributed by atoms with van der Waals surface area (Å²) in [6.07, 6.45) is 0.854. The zero-order valence-corrected chi connectivity index (χ0v) is 20.8. The average molecular weight is 541 g/mol. The molecule has 2 heterocycles. The van der Waals surface area contributed by atoms with E-state index >= 15 is 0 Å². The Morgan fingerprint density at radius 2 is 2.13 bits per heavy atom. The number of para-hydroxylation sites is 1. The van der Waals surface area contributed by atoms with Crippen LogP contribution in [0.4, 0.5) is 0 Å². The Labute approximate surface area is 197 Å². The molecule has 162 valence electrons. The summed E-state index contributed by atoms with van der Waals surface area (Å²) < 4.78 is 5.09. The number of aromatic nitrogens is 2. The predicted octanol–water partition coefficient (Wildman–Crippen LogP) is 4.20. The first-order chi connectivity index (χ1) is 14.0. The van der Waals surface area contributed by atoms with Gasteiger partial charge in [0.05, 0.1) is 18.3 Å². The molecule has 7 nitrogen and oxygen atoms in total. The number of guanidine groups is 1. The van der Waals surface area contributed by atoms with E-state index in [1.807, 2.05) is 26.0 Å². The number of nitrogens with one attached hydrogen (secondary N) is 3. The molecule has 0 fully saturated rings. The highest BCUT2D eigenvalue weighted by atomic mass is 127. The van der Waals surface area contributed by atoms with Crippen LogP contribution < -0.4 is 10.6 Å². The van der Waals surface area contributed by atoms with Crippen LogP contribution in [0, 0.1) is 6.92 Å². The van der Waals surface area contributed by atoms with E-state index < -0.39 is 0 Å². The van der Waals surface area contributed by atoms with Crippen LogP contribution in [-0.2, 0) is 11.2 Å². The quantitative estimate of drug-likeness (QED) is 0.181. The number of fused-ring (bicyclic) bond motifs is 1. The summed E-state index contributed by atoms with van der Waals surface area (Å²) in [4.78, 5) is 24.8. The highest BCUT2D eigenvalue weighted by Crippen LogP contribution is 2.24. The highest BCUT2D eigenvalue weighted by Gasteiger charge is 2.20. The fourth-order valence-corrected chi connectivity index (χ4v) is 4.00. The molecular formula is C21H28IN5O2S. The Kier molecular flexibility index (Phi) is 9.09. The van der Waals surface area contributed by atoms with Crippen LogP contribution in [0.25, 0.3) is 10.9 Å². The van der Waals surface area contributed by atoms with Crippen LogP contribution in [0.3, 0.4) is 0 Å². The Hall–Kier alpha value is -2.14. The molecule has 3 aromatic rings. The number of ether oxygens (including phenoxy) is 1. The molecule has 1 aromatic carbocycles. The van der Waals surface area contributed by atoms with E-state index in [0.717, 1.165) is 23.5 Å². The van der Waals surface area contributed by atoms with E-state index in [1.165, 1.54) is 22.4 Å². The zero-order valence-electron chi connectivity index (χ0n) is 17.6. The van der Waals surface area contributed by atoms with Crippen LogP contribution >= 0.6 is 35.3 Å². The molecule has 0 aliphatic rings. The van der Waals surface area contributed by atoms with Crippen molar-refractivity contribution in [3.05, 3.63) is 51.6 Å². The maximum absolute atomic E-state index is 12.0. The number of halogens is 1. The number of rotatable bonds is 7. The maximum Gasteiger partial charge on any atom is 0.350 e. The molecular weight excluding hydrogens is 513 g/mol. The molecule has 0 radical (unpaired) electrons. The van der Waals surface area contributed by atoms with Gasteiger partial charge in [-0.3, -0.25) is 4.99 Å². The molecule has 3 rings (SSSR count). The number of hydrogen-bond acceptors (Lipinski definition) is 5. The van der Waals surface area contributed by atoms with Crippen molar-refractivity contribution in [3.8, 4) is 0 Å². The number of nitrogens with zero attached hydrogens (tertiary/aromatic N) is 2. The smallest absolute Gasteiger partial charge is 0.350 e. The van der Waals surface area contributed by atoms with Gasteiger partial charge in [0.15, 0.2) is 5.96 Å². The minimum atomic E-state index is -0.318. The number of aliphatic imine (C=N–C) groups is 1. The number of benzene rings is 1. The van der Waals surface area contributed by atoms with Gasteiger partial charge in [0.25, 0.3) is 0 Å². The lowest BCUT2D eigenvalue weighted by atomic mass is 10.2. The fourth-order valence-electron chi connectivity index (χ4n) is 3.03. The largest absolute Gasteiger partial charge is 0.462 e. The molecule has 0 aliphatic heterocycles. The van der Waals surface area contributed by atoms with Gasteiger partial charge in [-0.2, -0.15) is 0 Å². The van der Waals surface area contributed by atoms with Gasteiger partial charge in [-0.25, -0.2) is 9.78 Å².